The third kappa shape index (κ3) is 10.9. The van der Waals surface area contributed by atoms with Crippen molar-refractivity contribution in [3.63, 3.8) is 0 Å². The van der Waals surface area contributed by atoms with Crippen molar-refractivity contribution in [2.24, 2.45) is 5.92 Å². The molecule has 0 fully saturated rings. The van der Waals surface area contributed by atoms with E-state index in [0.29, 0.717) is 32.5 Å². The number of hydrogen-bond donors (Lipinski definition) is 3. The van der Waals surface area contributed by atoms with Crippen molar-refractivity contribution in [2.75, 3.05) is 53.1 Å². The second-order valence-electron chi connectivity index (χ2n) is 4.63. The lowest BCUT2D eigenvalue weighted by molar-refractivity contribution is -0.121. The van der Waals surface area contributed by atoms with Gasteiger partial charge in [0.2, 0.25) is 5.91 Å². The minimum absolute atomic E-state index is 0.0601. The van der Waals surface area contributed by atoms with Crippen LogP contribution in [0.15, 0.2) is 0 Å². The van der Waals surface area contributed by atoms with Crippen LogP contribution in [0.2, 0.25) is 0 Å². The van der Waals surface area contributed by atoms with Crippen molar-refractivity contribution in [1.82, 2.24) is 10.2 Å². The molecule has 7 nitrogen and oxygen atoms in total. The van der Waals surface area contributed by atoms with Gasteiger partial charge in [-0.25, -0.2) is 0 Å². The highest BCUT2D eigenvalue weighted by atomic mass is 16.5. The molecule has 3 N–H and O–H groups in total. The molecule has 0 aromatic rings. The molecular formula is C13H26N2O5. The average molecular weight is 290 g/mol. The predicted octanol–water partition coefficient (Wildman–Crippen LogP) is -1.37. The number of aliphatic hydroxyl groups is 2. The highest BCUT2D eigenvalue weighted by Crippen LogP contribution is 1.98. The van der Waals surface area contributed by atoms with Gasteiger partial charge < -0.3 is 30.0 Å². The molecule has 0 spiro atoms. The fourth-order valence-corrected chi connectivity index (χ4v) is 1.61. The van der Waals surface area contributed by atoms with E-state index in [9.17, 15) is 9.59 Å². The second-order valence-corrected chi connectivity index (χ2v) is 4.63. The van der Waals surface area contributed by atoms with E-state index >= 15 is 0 Å². The van der Waals surface area contributed by atoms with Crippen LogP contribution in [-0.4, -0.2) is 80.4 Å². The van der Waals surface area contributed by atoms with E-state index in [-0.39, 0.29) is 38.3 Å². The third-order valence-corrected chi connectivity index (χ3v) is 2.68. The van der Waals surface area contributed by atoms with E-state index in [2.05, 4.69) is 5.32 Å². The van der Waals surface area contributed by atoms with Gasteiger partial charge in [-0.3, -0.25) is 4.79 Å². The number of aldehydes is 1. The first-order chi connectivity index (χ1) is 9.63. The van der Waals surface area contributed by atoms with Gasteiger partial charge in [-0.05, 0) is 13.5 Å². The van der Waals surface area contributed by atoms with E-state index in [1.807, 2.05) is 11.9 Å². The van der Waals surface area contributed by atoms with Gasteiger partial charge in [-0.2, -0.15) is 0 Å². The monoisotopic (exact) mass is 290 g/mol. The molecule has 0 aliphatic heterocycles. The minimum atomic E-state index is -0.260. The second kappa shape index (κ2) is 13.0. The Balaban J connectivity index is 3.75. The molecule has 0 aromatic carbocycles. The van der Waals surface area contributed by atoms with Crippen molar-refractivity contribution < 1.29 is 24.5 Å². The first-order valence-electron chi connectivity index (χ1n) is 6.84. The lowest BCUT2D eigenvalue weighted by Crippen LogP contribution is -2.33. The zero-order valence-electron chi connectivity index (χ0n) is 12.1. The number of ether oxygens (including phenoxy) is 1. The maximum absolute atomic E-state index is 11.4. The molecule has 118 valence electrons. The van der Waals surface area contributed by atoms with E-state index < -0.39 is 0 Å². The molecule has 0 bridgehead atoms. The van der Waals surface area contributed by atoms with Gasteiger partial charge in [0.25, 0.3) is 0 Å². The highest BCUT2D eigenvalue weighted by Gasteiger charge is 2.12. The summed E-state index contributed by atoms with van der Waals surface area (Å²) in [6, 6.07) is 0. The Labute approximate surface area is 119 Å². The molecule has 0 saturated heterocycles. The molecule has 0 heterocycles. The van der Waals surface area contributed by atoms with Crippen LogP contribution in [0.5, 0.6) is 0 Å². The molecular weight excluding hydrogens is 264 g/mol. The van der Waals surface area contributed by atoms with Crippen LogP contribution in [0, 0.1) is 5.92 Å². The Bertz CT molecular complexity index is 263. The minimum Gasteiger partial charge on any atom is -0.396 e. The van der Waals surface area contributed by atoms with Gasteiger partial charge in [-0.1, -0.05) is 0 Å². The summed E-state index contributed by atoms with van der Waals surface area (Å²) in [7, 11) is 1.84. The molecule has 0 rings (SSSR count). The average Bonchev–Trinajstić information content (AvgIpc) is 2.44. The Morgan fingerprint density at radius 3 is 2.75 bits per heavy atom. The van der Waals surface area contributed by atoms with Crippen LogP contribution < -0.4 is 5.32 Å². The normalized spacial score (nSPS) is 12.4. The largest absolute Gasteiger partial charge is 0.396 e. The van der Waals surface area contributed by atoms with Crippen LogP contribution in [0.1, 0.15) is 12.8 Å². The van der Waals surface area contributed by atoms with Crippen LogP contribution in [0.4, 0.5) is 0 Å². The fourth-order valence-electron chi connectivity index (χ4n) is 1.61. The summed E-state index contributed by atoms with van der Waals surface area (Å²) in [4.78, 5) is 24.2. The van der Waals surface area contributed by atoms with Crippen molar-refractivity contribution in [3.05, 3.63) is 0 Å². The number of carbonyl (C=O) groups excluding carboxylic acids is 2. The summed E-state index contributed by atoms with van der Waals surface area (Å²) < 4.78 is 5.12. The summed E-state index contributed by atoms with van der Waals surface area (Å²) in [5, 5.41) is 19.9. The quantitative estimate of drug-likeness (QED) is 0.286. The van der Waals surface area contributed by atoms with Gasteiger partial charge in [0.15, 0.2) is 0 Å². The predicted molar refractivity (Wildman–Crippen MR) is 74.3 cm³/mol. The number of rotatable bonds is 13. The molecule has 7 heteroatoms. The number of amides is 1. The first-order valence-corrected chi connectivity index (χ1v) is 6.84. The maximum atomic E-state index is 11.4. The third-order valence-electron chi connectivity index (χ3n) is 2.68. The molecule has 0 saturated carbocycles. The molecule has 1 unspecified atom stereocenters. The molecule has 1 atom stereocenters. The molecule has 1 amide bonds. The number of nitrogens with zero attached hydrogens (tertiary/aromatic N) is 1. The van der Waals surface area contributed by atoms with Crippen LogP contribution in [0.25, 0.3) is 0 Å². The zero-order valence-corrected chi connectivity index (χ0v) is 12.1. The van der Waals surface area contributed by atoms with E-state index in [1.54, 1.807) is 0 Å². The number of aliphatic hydroxyl groups excluding tert-OH is 2. The highest BCUT2D eigenvalue weighted by molar-refractivity contribution is 5.76. The summed E-state index contributed by atoms with van der Waals surface area (Å²) in [5.41, 5.74) is 0. The molecule has 0 aliphatic rings. The first kappa shape index (κ1) is 19.0. The lowest BCUT2D eigenvalue weighted by Gasteiger charge is -2.20. The fraction of sp³-hybridized carbons (Fsp3) is 0.846. The smallest absolute Gasteiger partial charge is 0.221 e. The summed E-state index contributed by atoms with van der Waals surface area (Å²) in [6.45, 7) is 2.04. The van der Waals surface area contributed by atoms with Gasteiger partial charge in [0.1, 0.15) is 6.29 Å². The van der Waals surface area contributed by atoms with Crippen LogP contribution in [-0.2, 0) is 14.3 Å². The summed E-state index contributed by atoms with van der Waals surface area (Å²) in [6.07, 6.45) is 1.73. The van der Waals surface area contributed by atoms with E-state index in [0.717, 1.165) is 6.29 Å². The standard InChI is InChI=1S/C13H26N2O5/c1-15(5-3-13(19)14-4-2-6-16)9-12(10-18)11-20-8-7-17/h10,12,16-17H,2-9,11H2,1H3,(H,14,19). The van der Waals surface area contributed by atoms with Crippen molar-refractivity contribution >= 4 is 12.2 Å². The molecule has 0 aromatic heterocycles. The molecule has 0 radical (unpaired) electrons. The van der Waals surface area contributed by atoms with Crippen molar-refractivity contribution in [1.29, 1.82) is 0 Å². The molecule has 0 aliphatic carbocycles. The van der Waals surface area contributed by atoms with Gasteiger partial charge in [0.05, 0.1) is 25.7 Å². The van der Waals surface area contributed by atoms with Crippen LogP contribution in [0.3, 0.4) is 0 Å². The van der Waals surface area contributed by atoms with Gasteiger partial charge in [0, 0.05) is 32.7 Å². The lowest BCUT2D eigenvalue weighted by atomic mass is 10.2. The van der Waals surface area contributed by atoms with Gasteiger partial charge in [-0.15, -0.1) is 0 Å². The van der Waals surface area contributed by atoms with E-state index in [1.165, 1.54) is 0 Å². The number of nitrogens with one attached hydrogen (secondary N) is 1. The Hall–Kier alpha value is -1.02. The summed E-state index contributed by atoms with van der Waals surface area (Å²) >= 11 is 0. The Morgan fingerprint density at radius 1 is 1.40 bits per heavy atom. The zero-order chi connectivity index (χ0) is 15.2. The Kier molecular flexibility index (Phi) is 12.3. The van der Waals surface area contributed by atoms with E-state index in [4.69, 9.17) is 14.9 Å². The maximum Gasteiger partial charge on any atom is 0.221 e. The molecule has 20 heavy (non-hydrogen) atoms. The SMILES string of the molecule is CN(CCC(=O)NCCCO)CC(C=O)COCCO. The van der Waals surface area contributed by atoms with Gasteiger partial charge >= 0.3 is 0 Å². The van der Waals surface area contributed by atoms with Crippen LogP contribution >= 0.6 is 0 Å². The van der Waals surface area contributed by atoms with Crippen molar-refractivity contribution in [3.8, 4) is 0 Å². The van der Waals surface area contributed by atoms with Crippen molar-refractivity contribution in [2.45, 2.75) is 12.8 Å². The topological polar surface area (TPSA) is 99.1 Å². The summed E-state index contributed by atoms with van der Waals surface area (Å²) in [5.74, 6) is -0.325. The number of carbonyl (C=O) groups is 2. The number of hydrogen-bond acceptors (Lipinski definition) is 6. The Morgan fingerprint density at radius 2 is 2.15 bits per heavy atom.